The lowest BCUT2D eigenvalue weighted by atomic mass is 10.3. The maximum absolute atomic E-state index is 14.1. The van der Waals surface area contributed by atoms with Crippen LogP contribution in [0.5, 0.6) is 5.88 Å². The Kier molecular flexibility index (Phi) is 5.19. The molecule has 0 saturated carbocycles. The molecule has 130 valence electrons. The Hall–Kier alpha value is -1.10. The number of ether oxygens (including phenoxy) is 1. The monoisotopic (exact) mass is 435 g/mol. The molecular weight excluding hydrogens is 421 g/mol. The van der Waals surface area contributed by atoms with Gasteiger partial charge < -0.3 is 4.74 Å². The molecule has 2 aromatic heterocycles. The van der Waals surface area contributed by atoms with Crippen LogP contribution < -0.4 is 4.74 Å². The van der Waals surface area contributed by atoms with E-state index >= 15 is 0 Å². The van der Waals surface area contributed by atoms with Crippen LogP contribution in [0.1, 0.15) is 19.0 Å². The van der Waals surface area contributed by atoms with E-state index in [0.717, 1.165) is 15.1 Å². The first kappa shape index (κ1) is 17.7. The number of rotatable bonds is 5. The molecule has 1 atom stereocenters. The Morgan fingerprint density at radius 1 is 1.46 bits per heavy atom. The quantitative estimate of drug-likeness (QED) is 0.721. The molecule has 0 aromatic carbocycles. The van der Waals surface area contributed by atoms with E-state index in [2.05, 4.69) is 25.9 Å². The van der Waals surface area contributed by atoms with Crippen molar-refractivity contribution in [1.29, 1.82) is 0 Å². The second kappa shape index (κ2) is 7.03. The van der Waals surface area contributed by atoms with E-state index in [9.17, 15) is 12.8 Å². The Labute approximate surface area is 151 Å². The smallest absolute Gasteiger partial charge is 0.254 e. The zero-order chi connectivity index (χ0) is 17.3. The average Bonchev–Trinajstić information content (AvgIpc) is 3.19. The molecule has 2 aromatic rings. The highest BCUT2D eigenvalue weighted by Gasteiger charge is 2.35. The third-order valence-corrected chi connectivity index (χ3v) is 7.65. The van der Waals surface area contributed by atoms with E-state index in [4.69, 9.17) is 4.74 Å². The topological polar surface area (TPSA) is 72.4 Å². The van der Waals surface area contributed by atoms with Crippen molar-refractivity contribution >= 4 is 37.3 Å². The normalized spacial score (nSPS) is 18.9. The Bertz CT molecular complexity index is 844. The summed E-state index contributed by atoms with van der Waals surface area (Å²) in [4.78, 5) is 7.67. The van der Waals surface area contributed by atoms with Gasteiger partial charge in [-0.05, 0) is 40.9 Å². The fourth-order valence-electron chi connectivity index (χ4n) is 2.45. The Balaban J connectivity index is 1.72. The molecule has 0 radical (unpaired) electrons. The van der Waals surface area contributed by atoms with Crippen molar-refractivity contribution in [3.05, 3.63) is 33.8 Å². The SMILES string of the molecule is CCc1ncnc(O[C@@H]2CCN(S(=O)(=O)c3ccc(Br)s3)C2)c1F. The highest BCUT2D eigenvalue weighted by molar-refractivity contribution is 9.11. The number of halogens is 2. The van der Waals surface area contributed by atoms with E-state index in [0.29, 0.717) is 19.4 Å². The van der Waals surface area contributed by atoms with Gasteiger partial charge in [-0.2, -0.15) is 13.7 Å². The van der Waals surface area contributed by atoms with E-state index in [1.807, 2.05) is 0 Å². The van der Waals surface area contributed by atoms with Crippen LogP contribution in [-0.2, 0) is 16.4 Å². The van der Waals surface area contributed by atoms with Crippen LogP contribution in [0.15, 0.2) is 26.5 Å². The van der Waals surface area contributed by atoms with Crippen LogP contribution in [0, 0.1) is 5.82 Å². The first-order valence-corrected chi connectivity index (χ1v) is 10.4. The summed E-state index contributed by atoms with van der Waals surface area (Å²) in [6.07, 6.45) is 1.74. The summed E-state index contributed by atoms with van der Waals surface area (Å²) in [5.41, 5.74) is 0.283. The Morgan fingerprint density at radius 3 is 2.92 bits per heavy atom. The van der Waals surface area contributed by atoms with Crippen molar-refractivity contribution < 1.29 is 17.5 Å². The van der Waals surface area contributed by atoms with Gasteiger partial charge in [0, 0.05) is 6.54 Å². The van der Waals surface area contributed by atoms with Gasteiger partial charge in [0.25, 0.3) is 15.9 Å². The summed E-state index contributed by atoms with van der Waals surface area (Å²) in [5.74, 6) is -0.700. The number of thiophene rings is 1. The molecule has 0 N–H and O–H groups in total. The summed E-state index contributed by atoms with van der Waals surface area (Å²) in [5, 5.41) is 0. The fraction of sp³-hybridized carbons (Fsp3) is 0.429. The molecule has 1 aliphatic rings. The fourth-order valence-corrected chi connectivity index (χ4v) is 6.10. The van der Waals surface area contributed by atoms with Crippen molar-refractivity contribution in [2.24, 2.45) is 0 Å². The molecule has 24 heavy (non-hydrogen) atoms. The maximum Gasteiger partial charge on any atom is 0.254 e. The van der Waals surface area contributed by atoms with Gasteiger partial charge in [-0.15, -0.1) is 11.3 Å². The van der Waals surface area contributed by atoms with Crippen molar-refractivity contribution in [3.63, 3.8) is 0 Å². The van der Waals surface area contributed by atoms with Gasteiger partial charge in [-0.25, -0.2) is 13.4 Å². The minimum Gasteiger partial charge on any atom is -0.471 e. The van der Waals surface area contributed by atoms with Gasteiger partial charge in [0.05, 0.1) is 16.0 Å². The van der Waals surface area contributed by atoms with Crippen LogP contribution in [0.4, 0.5) is 4.39 Å². The predicted octanol–water partition coefficient (Wildman–Crippen LogP) is 2.84. The molecule has 1 saturated heterocycles. The van der Waals surface area contributed by atoms with Gasteiger partial charge in [0.15, 0.2) is 0 Å². The van der Waals surface area contributed by atoms with Crippen molar-refractivity contribution in [2.75, 3.05) is 13.1 Å². The molecule has 3 rings (SSSR count). The summed E-state index contributed by atoms with van der Waals surface area (Å²) in [6.45, 7) is 2.29. The molecule has 6 nitrogen and oxygen atoms in total. The zero-order valence-electron chi connectivity index (χ0n) is 12.8. The molecule has 0 aliphatic carbocycles. The first-order chi connectivity index (χ1) is 11.4. The molecule has 0 unspecified atom stereocenters. The average molecular weight is 436 g/mol. The van der Waals surface area contributed by atoms with Gasteiger partial charge in [0.1, 0.15) is 16.6 Å². The molecular formula is C14H15BrFN3O3S2. The van der Waals surface area contributed by atoms with Gasteiger partial charge >= 0.3 is 0 Å². The number of hydrogen-bond donors (Lipinski definition) is 0. The number of aromatic nitrogens is 2. The van der Waals surface area contributed by atoms with Crippen molar-refractivity contribution in [2.45, 2.75) is 30.1 Å². The standard InChI is InChI=1S/C14H15BrFN3O3S2/c1-2-10-13(16)14(18-8-17-10)22-9-5-6-19(7-9)24(20,21)12-4-3-11(15)23-12/h3-4,8-9H,2,5-7H2,1H3/t9-/m1/s1. The second-order valence-electron chi connectivity index (χ2n) is 5.24. The van der Waals surface area contributed by atoms with Crippen molar-refractivity contribution in [1.82, 2.24) is 14.3 Å². The lowest BCUT2D eigenvalue weighted by Gasteiger charge is -2.16. The molecule has 3 heterocycles. The third-order valence-electron chi connectivity index (χ3n) is 3.69. The number of sulfonamides is 1. The van der Waals surface area contributed by atoms with E-state index < -0.39 is 21.9 Å². The molecule has 0 spiro atoms. The van der Waals surface area contributed by atoms with Crippen molar-refractivity contribution in [3.8, 4) is 5.88 Å². The molecule has 1 aliphatic heterocycles. The molecule has 10 heteroatoms. The van der Waals surface area contributed by atoms with E-state index in [1.165, 1.54) is 10.6 Å². The Morgan fingerprint density at radius 2 is 2.25 bits per heavy atom. The zero-order valence-corrected chi connectivity index (χ0v) is 16.0. The number of aryl methyl sites for hydroxylation is 1. The van der Waals surface area contributed by atoms with Crippen LogP contribution in [0.3, 0.4) is 0 Å². The van der Waals surface area contributed by atoms with Gasteiger partial charge in [0.2, 0.25) is 5.82 Å². The molecule has 0 amide bonds. The first-order valence-electron chi connectivity index (χ1n) is 7.33. The molecule has 0 bridgehead atoms. The lowest BCUT2D eigenvalue weighted by molar-refractivity contribution is 0.195. The lowest BCUT2D eigenvalue weighted by Crippen LogP contribution is -2.30. The van der Waals surface area contributed by atoms with Gasteiger partial charge in [-0.1, -0.05) is 6.92 Å². The highest BCUT2D eigenvalue weighted by atomic mass is 79.9. The second-order valence-corrected chi connectivity index (χ2v) is 9.87. The van der Waals surface area contributed by atoms with Crippen LogP contribution in [0.25, 0.3) is 0 Å². The molecule has 1 fully saturated rings. The number of hydrogen-bond acceptors (Lipinski definition) is 6. The largest absolute Gasteiger partial charge is 0.471 e. The highest BCUT2D eigenvalue weighted by Crippen LogP contribution is 2.31. The summed E-state index contributed by atoms with van der Waals surface area (Å²) < 4.78 is 47.2. The van der Waals surface area contributed by atoms with Crippen LogP contribution in [-0.4, -0.2) is 41.9 Å². The summed E-state index contributed by atoms with van der Waals surface area (Å²) >= 11 is 4.43. The third kappa shape index (κ3) is 3.46. The van der Waals surface area contributed by atoms with E-state index in [-0.39, 0.29) is 22.3 Å². The minimum absolute atomic E-state index is 0.120. The van der Waals surface area contributed by atoms with Crippen LogP contribution >= 0.6 is 27.3 Å². The summed E-state index contributed by atoms with van der Waals surface area (Å²) in [7, 11) is -3.55. The number of nitrogens with zero attached hydrogens (tertiary/aromatic N) is 3. The maximum atomic E-state index is 14.1. The summed E-state index contributed by atoms with van der Waals surface area (Å²) in [6, 6.07) is 3.26. The predicted molar refractivity (Wildman–Crippen MR) is 91.2 cm³/mol. The van der Waals surface area contributed by atoms with Crippen LogP contribution in [0.2, 0.25) is 0 Å². The van der Waals surface area contributed by atoms with Gasteiger partial charge in [-0.3, -0.25) is 0 Å². The minimum atomic E-state index is -3.55. The van der Waals surface area contributed by atoms with E-state index in [1.54, 1.807) is 19.1 Å².